The lowest BCUT2D eigenvalue weighted by Crippen LogP contribution is -2.36. The Balaban J connectivity index is 2.37. The molecule has 6 nitrogen and oxygen atoms in total. The Kier molecular flexibility index (Phi) is 4.59. The van der Waals surface area contributed by atoms with E-state index in [2.05, 4.69) is 10.2 Å². The smallest absolute Gasteiger partial charge is 0.260 e. The van der Waals surface area contributed by atoms with E-state index in [1.165, 1.54) is 21.8 Å². The van der Waals surface area contributed by atoms with Crippen molar-refractivity contribution in [2.45, 2.75) is 38.1 Å². The number of aromatic nitrogens is 2. The van der Waals surface area contributed by atoms with Crippen molar-refractivity contribution in [1.82, 2.24) is 14.5 Å². The van der Waals surface area contributed by atoms with E-state index in [0.717, 1.165) is 4.88 Å². The Morgan fingerprint density at radius 2 is 2.25 bits per heavy atom. The van der Waals surface area contributed by atoms with Gasteiger partial charge in [0.15, 0.2) is 5.03 Å². The Labute approximate surface area is 122 Å². The van der Waals surface area contributed by atoms with Gasteiger partial charge in [0.2, 0.25) is 0 Å². The molecule has 2 aromatic rings. The maximum atomic E-state index is 12.7. The summed E-state index contributed by atoms with van der Waals surface area (Å²) in [4.78, 5) is 0.965. The zero-order chi connectivity index (χ0) is 14.8. The van der Waals surface area contributed by atoms with Gasteiger partial charge in [0.1, 0.15) is 0 Å². The lowest BCUT2D eigenvalue weighted by atomic mass is 10.4. The minimum atomic E-state index is -3.71. The molecule has 0 aliphatic heterocycles. The van der Waals surface area contributed by atoms with E-state index in [1.54, 1.807) is 0 Å². The van der Waals surface area contributed by atoms with Crippen LogP contribution in [0.25, 0.3) is 0 Å². The zero-order valence-electron chi connectivity index (χ0n) is 11.3. The molecule has 110 valence electrons. The number of hydrogen-bond acceptors (Lipinski definition) is 5. The zero-order valence-corrected chi connectivity index (χ0v) is 12.9. The highest BCUT2D eigenvalue weighted by Gasteiger charge is 2.30. The molecule has 0 saturated heterocycles. The quantitative estimate of drug-likeness (QED) is 0.847. The van der Waals surface area contributed by atoms with Gasteiger partial charge in [-0.3, -0.25) is 5.10 Å². The van der Waals surface area contributed by atoms with Gasteiger partial charge >= 0.3 is 0 Å². The predicted octanol–water partition coefficient (Wildman–Crippen LogP) is 1.56. The Bertz CT molecular complexity index is 647. The van der Waals surface area contributed by atoms with Gasteiger partial charge in [-0.05, 0) is 25.3 Å². The second-order valence-corrected chi connectivity index (χ2v) is 7.47. The summed E-state index contributed by atoms with van der Waals surface area (Å²) in [6.45, 7) is 3.58. The minimum Gasteiger partial charge on any atom is -0.392 e. The summed E-state index contributed by atoms with van der Waals surface area (Å²) in [6, 6.07) is 3.59. The van der Waals surface area contributed by atoms with Crippen molar-refractivity contribution in [2.75, 3.05) is 0 Å². The fourth-order valence-electron chi connectivity index (χ4n) is 1.85. The molecule has 2 aromatic heterocycles. The van der Waals surface area contributed by atoms with Crippen molar-refractivity contribution in [3.63, 3.8) is 0 Å². The number of aliphatic hydroxyl groups is 1. The third kappa shape index (κ3) is 2.93. The molecule has 2 N–H and O–H groups in total. The van der Waals surface area contributed by atoms with Crippen LogP contribution in [0.2, 0.25) is 0 Å². The lowest BCUT2D eigenvalue weighted by molar-refractivity contribution is 0.277. The fraction of sp³-hybridized carbons (Fsp3) is 0.417. The number of nitrogens with zero attached hydrogens (tertiary/aromatic N) is 2. The number of rotatable bonds is 6. The van der Waals surface area contributed by atoms with Gasteiger partial charge in [-0.1, -0.05) is 6.07 Å². The molecule has 0 bridgehead atoms. The lowest BCUT2D eigenvalue weighted by Gasteiger charge is -2.25. The monoisotopic (exact) mass is 315 g/mol. The molecule has 0 aliphatic carbocycles. The van der Waals surface area contributed by atoms with E-state index >= 15 is 0 Å². The highest BCUT2D eigenvalue weighted by Crippen LogP contribution is 2.23. The molecule has 0 saturated carbocycles. The number of aliphatic hydroxyl groups excluding tert-OH is 1. The largest absolute Gasteiger partial charge is 0.392 e. The number of aromatic amines is 1. The van der Waals surface area contributed by atoms with Crippen molar-refractivity contribution in [3.8, 4) is 0 Å². The molecule has 0 fully saturated rings. The number of thiophene rings is 1. The summed E-state index contributed by atoms with van der Waals surface area (Å²) in [7, 11) is -3.71. The van der Waals surface area contributed by atoms with Gasteiger partial charge in [-0.2, -0.15) is 9.40 Å². The molecular formula is C12H17N3O3S2. The fourth-order valence-corrected chi connectivity index (χ4v) is 4.35. The van der Waals surface area contributed by atoms with Gasteiger partial charge in [0.25, 0.3) is 10.0 Å². The Morgan fingerprint density at radius 3 is 2.80 bits per heavy atom. The van der Waals surface area contributed by atoms with Crippen LogP contribution in [0.5, 0.6) is 0 Å². The third-order valence-corrected chi connectivity index (χ3v) is 5.78. The minimum absolute atomic E-state index is 0.0368. The van der Waals surface area contributed by atoms with Crippen LogP contribution in [0.1, 0.15) is 24.3 Å². The van der Waals surface area contributed by atoms with Crippen molar-refractivity contribution >= 4 is 21.4 Å². The molecule has 2 heterocycles. The van der Waals surface area contributed by atoms with E-state index in [1.807, 2.05) is 31.4 Å². The average molecular weight is 315 g/mol. The molecular weight excluding hydrogens is 298 g/mol. The summed E-state index contributed by atoms with van der Waals surface area (Å²) in [6.07, 6.45) is 1.33. The molecule has 0 amide bonds. The van der Waals surface area contributed by atoms with Gasteiger partial charge in [-0.25, -0.2) is 8.42 Å². The first-order valence-corrected chi connectivity index (χ1v) is 8.46. The highest BCUT2D eigenvalue weighted by atomic mass is 32.2. The number of sulfonamides is 1. The van der Waals surface area contributed by atoms with Crippen molar-refractivity contribution in [3.05, 3.63) is 34.2 Å². The van der Waals surface area contributed by atoms with Gasteiger partial charge in [-0.15, -0.1) is 11.3 Å². The summed E-state index contributed by atoms with van der Waals surface area (Å²) in [5, 5.41) is 17.3. The topological polar surface area (TPSA) is 86.3 Å². The maximum absolute atomic E-state index is 12.7. The molecule has 2 rings (SSSR count). The van der Waals surface area contributed by atoms with Gasteiger partial charge in [0, 0.05) is 23.0 Å². The van der Waals surface area contributed by atoms with Crippen molar-refractivity contribution < 1.29 is 13.5 Å². The van der Waals surface area contributed by atoms with E-state index < -0.39 is 10.0 Å². The van der Waals surface area contributed by atoms with Crippen LogP contribution in [0.3, 0.4) is 0 Å². The van der Waals surface area contributed by atoms with E-state index in [0.29, 0.717) is 6.54 Å². The van der Waals surface area contributed by atoms with Crippen LogP contribution in [0.4, 0.5) is 0 Å². The van der Waals surface area contributed by atoms with Crippen LogP contribution in [-0.4, -0.2) is 34.1 Å². The van der Waals surface area contributed by atoms with E-state index in [9.17, 15) is 13.5 Å². The molecule has 0 aliphatic rings. The molecule has 0 unspecified atom stereocenters. The van der Waals surface area contributed by atoms with Crippen LogP contribution in [-0.2, 0) is 23.2 Å². The number of nitrogens with one attached hydrogen (secondary N) is 1. The molecule has 0 radical (unpaired) electrons. The SMILES string of the molecule is CC(C)N(Cc1cccs1)S(=O)(=O)c1[nH]ncc1CO. The van der Waals surface area contributed by atoms with Crippen LogP contribution < -0.4 is 0 Å². The van der Waals surface area contributed by atoms with Crippen molar-refractivity contribution in [1.29, 1.82) is 0 Å². The summed E-state index contributed by atoms with van der Waals surface area (Å²) >= 11 is 1.51. The second-order valence-electron chi connectivity index (χ2n) is 4.61. The average Bonchev–Trinajstić information content (AvgIpc) is 3.06. The predicted molar refractivity (Wildman–Crippen MR) is 76.7 cm³/mol. The third-order valence-electron chi connectivity index (χ3n) is 2.88. The maximum Gasteiger partial charge on any atom is 0.260 e. The standard InChI is InChI=1S/C12H17N3O3S2/c1-9(2)15(7-11-4-3-5-19-11)20(17,18)12-10(8-16)6-13-14-12/h3-6,9,16H,7-8H2,1-2H3,(H,13,14). The molecule has 8 heteroatoms. The Morgan fingerprint density at radius 1 is 1.50 bits per heavy atom. The van der Waals surface area contributed by atoms with Crippen molar-refractivity contribution in [2.24, 2.45) is 0 Å². The highest BCUT2D eigenvalue weighted by molar-refractivity contribution is 7.89. The normalized spacial score (nSPS) is 12.4. The first-order chi connectivity index (χ1) is 9.46. The number of H-pyrrole nitrogens is 1. The molecule has 0 atom stereocenters. The number of hydrogen-bond donors (Lipinski definition) is 2. The summed E-state index contributed by atoms with van der Waals surface area (Å²) in [5.41, 5.74) is 0.279. The van der Waals surface area contributed by atoms with Gasteiger partial charge in [0.05, 0.1) is 12.8 Å². The van der Waals surface area contributed by atoms with E-state index in [-0.39, 0.29) is 23.2 Å². The van der Waals surface area contributed by atoms with E-state index in [4.69, 9.17) is 0 Å². The first kappa shape index (κ1) is 15.2. The summed E-state index contributed by atoms with van der Waals surface area (Å²) in [5.74, 6) is 0. The Hall–Kier alpha value is -1.22. The molecule has 20 heavy (non-hydrogen) atoms. The second kappa shape index (κ2) is 6.04. The molecule has 0 spiro atoms. The first-order valence-electron chi connectivity index (χ1n) is 6.14. The molecule has 0 aromatic carbocycles. The van der Waals surface area contributed by atoms with Crippen LogP contribution >= 0.6 is 11.3 Å². The van der Waals surface area contributed by atoms with Gasteiger partial charge < -0.3 is 5.11 Å². The summed E-state index contributed by atoms with van der Waals surface area (Å²) < 4.78 is 26.8. The van der Waals surface area contributed by atoms with Crippen LogP contribution in [0, 0.1) is 0 Å². The van der Waals surface area contributed by atoms with Crippen LogP contribution in [0.15, 0.2) is 28.7 Å².